The van der Waals surface area contributed by atoms with Crippen molar-refractivity contribution < 1.29 is 14.7 Å². The number of hydrogen-bond donors (Lipinski definition) is 1. The minimum atomic E-state index is -0.844. The lowest BCUT2D eigenvalue weighted by atomic mass is 9.85. The molecule has 1 fully saturated rings. The second-order valence-corrected chi connectivity index (χ2v) is 6.99. The van der Waals surface area contributed by atoms with E-state index in [0.717, 1.165) is 32.5 Å². The Hall–Kier alpha value is -1.10. The molecule has 0 aromatic heterocycles. The van der Waals surface area contributed by atoms with Crippen molar-refractivity contribution >= 4 is 11.9 Å². The predicted octanol–water partition coefficient (Wildman–Crippen LogP) is 2.21. The first-order valence-electron chi connectivity index (χ1n) is 7.95. The molecule has 0 unspecified atom stereocenters. The molecule has 0 aromatic rings. The summed E-state index contributed by atoms with van der Waals surface area (Å²) in [5, 5.41) is 8.90. The maximum absolute atomic E-state index is 12.4. The number of aliphatic carboxylic acids is 1. The largest absolute Gasteiger partial charge is 0.481 e. The molecule has 0 radical (unpaired) electrons. The molecule has 0 aromatic carbocycles. The Morgan fingerprint density at radius 3 is 2.29 bits per heavy atom. The first-order chi connectivity index (χ1) is 9.75. The highest BCUT2D eigenvalue weighted by Gasteiger charge is 2.30. The van der Waals surface area contributed by atoms with Gasteiger partial charge in [0.15, 0.2) is 0 Å². The number of nitrogens with zero attached hydrogens (tertiary/aromatic N) is 2. The van der Waals surface area contributed by atoms with E-state index < -0.39 is 11.4 Å². The van der Waals surface area contributed by atoms with Gasteiger partial charge >= 0.3 is 5.97 Å². The summed E-state index contributed by atoms with van der Waals surface area (Å²) in [6.07, 6.45) is 3.53. The molecule has 122 valence electrons. The van der Waals surface area contributed by atoms with Crippen LogP contribution in [0.15, 0.2) is 0 Å². The van der Waals surface area contributed by atoms with Crippen molar-refractivity contribution in [3.63, 3.8) is 0 Å². The first-order valence-corrected chi connectivity index (χ1v) is 7.95. The third kappa shape index (κ3) is 6.04. The minimum Gasteiger partial charge on any atom is -0.481 e. The molecule has 1 rings (SSSR count). The summed E-state index contributed by atoms with van der Waals surface area (Å²) in [4.78, 5) is 27.5. The number of amides is 1. The highest BCUT2D eigenvalue weighted by atomic mass is 16.4. The SMILES string of the molecule is CCCN1CCC(N(C)C(=O)CC(C)(C)CC(=O)O)CC1. The van der Waals surface area contributed by atoms with Crippen LogP contribution in [-0.2, 0) is 9.59 Å². The number of carbonyl (C=O) groups is 2. The van der Waals surface area contributed by atoms with Crippen molar-refractivity contribution in [3.8, 4) is 0 Å². The maximum atomic E-state index is 12.4. The third-order valence-electron chi connectivity index (χ3n) is 4.30. The summed E-state index contributed by atoms with van der Waals surface area (Å²) in [6.45, 7) is 9.11. The highest BCUT2D eigenvalue weighted by Crippen LogP contribution is 2.27. The van der Waals surface area contributed by atoms with Crippen LogP contribution in [0.3, 0.4) is 0 Å². The molecule has 21 heavy (non-hydrogen) atoms. The average molecular weight is 298 g/mol. The summed E-state index contributed by atoms with van der Waals surface area (Å²) in [5.74, 6) is -0.779. The summed E-state index contributed by atoms with van der Waals surface area (Å²) in [5.41, 5.74) is -0.486. The van der Waals surface area contributed by atoms with Crippen LogP contribution in [0, 0.1) is 5.41 Å². The smallest absolute Gasteiger partial charge is 0.303 e. The molecule has 1 aliphatic rings. The van der Waals surface area contributed by atoms with Gasteiger partial charge in [0, 0.05) is 32.6 Å². The van der Waals surface area contributed by atoms with Gasteiger partial charge in [-0.05, 0) is 31.2 Å². The molecule has 0 spiro atoms. The second kappa shape index (κ2) is 7.78. The van der Waals surface area contributed by atoms with Crippen LogP contribution in [-0.4, -0.2) is 59.5 Å². The Morgan fingerprint density at radius 1 is 1.24 bits per heavy atom. The number of carboxylic acid groups (broad SMARTS) is 1. The second-order valence-electron chi connectivity index (χ2n) is 6.99. The molecule has 5 nitrogen and oxygen atoms in total. The van der Waals surface area contributed by atoms with Crippen molar-refractivity contribution in [2.24, 2.45) is 5.41 Å². The van der Waals surface area contributed by atoms with Gasteiger partial charge in [0.2, 0.25) is 5.91 Å². The fourth-order valence-corrected chi connectivity index (χ4v) is 3.06. The Morgan fingerprint density at radius 2 is 1.81 bits per heavy atom. The topological polar surface area (TPSA) is 60.9 Å². The fraction of sp³-hybridized carbons (Fsp3) is 0.875. The summed E-state index contributed by atoms with van der Waals surface area (Å²) in [7, 11) is 1.86. The number of likely N-dealkylation sites (tertiary alicyclic amines) is 1. The van der Waals surface area contributed by atoms with Crippen LogP contribution < -0.4 is 0 Å². The molecular weight excluding hydrogens is 268 g/mol. The van der Waals surface area contributed by atoms with Crippen LogP contribution >= 0.6 is 0 Å². The average Bonchev–Trinajstić information content (AvgIpc) is 2.37. The molecule has 0 aliphatic carbocycles. The highest BCUT2D eigenvalue weighted by molar-refractivity contribution is 5.78. The van der Waals surface area contributed by atoms with E-state index in [-0.39, 0.29) is 12.3 Å². The number of rotatable bonds is 7. The van der Waals surface area contributed by atoms with Crippen LogP contribution in [0.2, 0.25) is 0 Å². The van der Waals surface area contributed by atoms with E-state index in [4.69, 9.17) is 5.11 Å². The number of hydrogen-bond acceptors (Lipinski definition) is 3. The van der Waals surface area contributed by atoms with Crippen molar-refractivity contribution in [3.05, 3.63) is 0 Å². The lowest BCUT2D eigenvalue weighted by Crippen LogP contribution is -2.46. The quantitative estimate of drug-likeness (QED) is 0.783. The van der Waals surface area contributed by atoms with Crippen LogP contribution in [0.5, 0.6) is 0 Å². The molecule has 5 heteroatoms. The van der Waals surface area contributed by atoms with Gasteiger partial charge < -0.3 is 14.9 Å². The van der Waals surface area contributed by atoms with E-state index >= 15 is 0 Å². The molecule has 0 saturated carbocycles. The number of carboxylic acids is 1. The normalized spacial score (nSPS) is 17.7. The summed E-state index contributed by atoms with van der Waals surface area (Å²) < 4.78 is 0. The molecule has 1 heterocycles. The molecule has 1 N–H and O–H groups in total. The van der Waals surface area contributed by atoms with Crippen LogP contribution in [0.1, 0.15) is 52.9 Å². The minimum absolute atomic E-state index is 0.0293. The van der Waals surface area contributed by atoms with Gasteiger partial charge in [-0.15, -0.1) is 0 Å². The lowest BCUT2D eigenvalue weighted by Gasteiger charge is -2.37. The van der Waals surface area contributed by atoms with E-state index in [2.05, 4.69) is 11.8 Å². The molecule has 1 aliphatic heterocycles. The Kier molecular flexibility index (Phi) is 6.65. The Balaban J connectivity index is 2.46. The van der Waals surface area contributed by atoms with Crippen LogP contribution in [0.25, 0.3) is 0 Å². The van der Waals surface area contributed by atoms with Gasteiger partial charge in [-0.25, -0.2) is 0 Å². The molecule has 0 atom stereocenters. The Labute approximate surface area is 128 Å². The van der Waals surface area contributed by atoms with Crippen molar-refractivity contribution in [2.45, 2.75) is 58.9 Å². The van der Waals surface area contributed by atoms with Gasteiger partial charge in [0.1, 0.15) is 0 Å². The van der Waals surface area contributed by atoms with Gasteiger partial charge in [0.25, 0.3) is 0 Å². The van der Waals surface area contributed by atoms with E-state index in [1.165, 1.54) is 6.42 Å². The number of piperidine rings is 1. The first kappa shape index (κ1) is 18.0. The zero-order chi connectivity index (χ0) is 16.0. The monoisotopic (exact) mass is 298 g/mol. The summed E-state index contributed by atoms with van der Waals surface area (Å²) in [6, 6.07) is 0.297. The van der Waals surface area contributed by atoms with Gasteiger partial charge in [-0.3, -0.25) is 9.59 Å². The van der Waals surface area contributed by atoms with E-state index in [9.17, 15) is 9.59 Å². The number of carbonyl (C=O) groups excluding carboxylic acids is 1. The Bertz CT molecular complexity index is 361. The van der Waals surface area contributed by atoms with Gasteiger partial charge in [0.05, 0.1) is 6.42 Å². The zero-order valence-corrected chi connectivity index (χ0v) is 13.9. The molecule has 1 amide bonds. The zero-order valence-electron chi connectivity index (χ0n) is 13.9. The van der Waals surface area contributed by atoms with Gasteiger partial charge in [-0.2, -0.15) is 0 Å². The standard InChI is InChI=1S/C16H30N2O3/c1-5-8-18-9-6-13(7-10-18)17(4)14(19)11-16(2,3)12-15(20)21/h13H,5-12H2,1-4H3,(H,20,21). The van der Waals surface area contributed by atoms with Crippen molar-refractivity contribution in [1.82, 2.24) is 9.80 Å². The van der Waals surface area contributed by atoms with Crippen LogP contribution in [0.4, 0.5) is 0 Å². The van der Waals surface area contributed by atoms with E-state index in [1.54, 1.807) is 0 Å². The van der Waals surface area contributed by atoms with Gasteiger partial charge in [-0.1, -0.05) is 20.8 Å². The van der Waals surface area contributed by atoms with E-state index in [1.807, 2.05) is 25.8 Å². The lowest BCUT2D eigenvalue weighted by molar-refractivity contribution is -0.141. The molecular formula is C16H30N2O3. The maximum Gasteiger partial charge on any atom is 0.303 e. The van der Waals surface area contributed by atoms with Crippen molar-refractivity contribution in [2.75, 3.05) is 26.7 Å². The van der Waals surface area contributed by atoms with Crippen molar-refractivity contribution in [1.29, 1.82) is 0 Å². The summed E-state index contributed by atoms with van der Waals surface area (Å²) >= 11 is 0. The molecule has 0 bridgehead atoms. The molecule has 1 saturated heterocycles. The predicted molar refractivity (Wildman–Crippen MR) is 83.2 cm³/mol. The third-order valence-corrected chi connectivity index (χ3v) is 4.30. The van der Waals surface area contributed by atoms with E-state index in [0.29, 0.717) is 12.5 Å². The fourth-order valence-electron chi connectivity index (χ4n) is 3.06.